The molecule has 1 heterocycles. The molecule has 0 spiro atoms. The Morgan fingerprint density at radius 3 is 2.72 bits per heavy atom. The first-order valence-corrected chi connectivity index (χ1v) is 7.59. The second-order valence-corrected chi connectivity index (χ2v) is 6.91. The molecule has 6 heteroatoms. The second kappa shape index (κ2) is 5.03. The SMILES string of the molecule is CNCc1cc(S(=O)(=O)N(C)CC2CC2)c(C)o1. The zero-order valence-electron chi connectivity index (χ0n) is 11.1. The zero-order valence-corrected chi connectivity index (χ0v) is 11.9. The third-order valence-corrected chi connectivity index (χ3v) is 5.11. The molecule has 1 N–H and O–H groups in total. The molecule has 102 valence electrons. The molecule has 1 aromatic rings. The maximum atomic E-state index is 12.4. The first-order valence-electron chi connectivity index (χ1n) is 6.15. The van der Waals surface area contributed by atoms with Crippen LogP contribution in [0.4, 0.5) is 0 Å². The number of furan rings is 1. The molecule has 18 heavy (non-hydrogen) atoms. The van der Waals surface area contributed by atoms with Crippen LogP contribution in [-0.4, -0.2) is 33.4 Å². The summed E-state index contributed by atoms with van der Waals surface area (Å²) in [6.07, 6.45) is 2.27. The first-order chi connectivity index (χ1) is 8.45. The van der Waals surface area contributed by atoms with Crippen LogP contribution in [0.1, 0.15) is 24.4 Å². The second-order valence-electron chi connectivity index (χ2n) is 4.89. The van der Waals surface area contributed by atoms with Gasteiger partial charge in [-0.25, -0.2) is 12.7 Å². The van der Waals surface area contributed by atoms with Crippen molar-refractivity contribution < 1.29 is 12.8 Å². The Hall–Kier alpha value is -0.850. The van der Waals surface area contributed by atoms with E-state index in [2.05, 4.69) is 5.32 Å². The lowest BCUT2D eigenvalue weighted by Crippen LogP contribution is -2.29. The van der Waals surface area contributed by atoms with Gasteiger partial charge in [-0.3, -0.25) is 0 Å². The van der Waals surface area contributed by atoms with Crippen molar-refractivity contribution in [2.24, 2.45) is 5.92 Å². The first kappa shape index (κ1) is 13.6. The van der Waals surface area contributed by atoms with E-state index in [-0.39, 0.29) is 4.90 Å². The molecule has 0 aliphatic heterocycles. The highest BCUT2D eigenvalue weighted by molar-refractivity contribution is 7.89. The Morgan fingerprint density at radius 1 is 1.50 bits per heavy atom. The molecular weight excluding hydrogens is 252 g/mol. The minimum atomic E-state index is -3.41. The smallest absolute Gasteiger partial charge is 0.246 e. The van der Waals surface area contributed by atoms with E-state index in [0.29, 0.717) is 30.5 Å². The Labute approximate surface area is 108 Å². The van der Waals surface area contributed by atoms with E-state index in [1.165, 1.54) is 4.31 Å². The molecule has 0 amide bonds. The molecule has 0 saturated heterocycles. The van der Waals surface area contributed by atoms with Crippen molar-refractivity contribution in [2.45, 2.75) is 31.2 Å². The topological polar surface area (TPSA) is 62.6 Å². The summed E-state index contributed by atoms with van der Waals surface area (Å²) in [6.45, 7) is 2.83. The van der Waals surface area contributed by atoms with Crippen LogP contribution in [0.15, 0.2) is 15.4 Å². The van der Waals surface area contributed by atoms with Gasteiger partial charge < -0.3 is 9.73 Å². The summed E-state index contributed by atoms with van der Waals surface area (Å²) in [5.74, 6) is 1.64. The zero-order chi connectivity index (χ0) is 13.3. The molecule has 0 bridgehead atoms. The number of nitrogens with zero attached hydrogens (tertiary/aromatic N) is 1. The van der Waals surface area contributed by atoms with Crippen molar-refractivity contribution in [1.82, 2.24) is 9.62 Å². The highest BCUT2D eigenvalue weighted by Gasteiger charge is 2.31. The molecule has 1 fully saturated rings. The molecule has 0 unspecified atom stereocenters. The van der Waals surface area contributed by atoms with Crippen molar-refractivity contribution in [1.29, 1.82) is 0 Å². The monoisotopic (exact) mass is 272 g/mol. The van der Waals surface area contributed by atoms with Crippen LogP contribution < -0.4 is 5.32 Å². The quantitative estimate of drug-likeness (QED) is 0.849. The van der Waals surface area contributed by atoms with Gasteiger partial charge >= 0.3 is 0 Å². The Morgan fingerprint density at radius 2 is 2.17 bits per heavy atom. The third kappa shape index (κ3) is 2.76. The van der Waals surface area contributed by atoms with Crippen LogP contribution in [0, 0.1) is 12.8 Å². The Kier molecular flexibility index (Phi) is 3.79. The standard InChI is InChI=1S/C12H20N2O3S/c1-9-12(6-11(17-9)7-13-2)18(15,16)14(3)8-10-4-5-10/h6,10,13H,4-5,7-8H2,1-3H3. The Bertz CT molecular complexity index is 517. The van der Waals surface area contributed by atoms with Crippen LogP contribution in [0.25, 0.3) is 0 Å². The molecule has 0 radical (unpaired) electrons. The number of nitrogens with one attached hydrogen (secondary N) is 1. The molecule has 1 saturated carbocycles. The summed E-state index contributed by atoms with van der Waals surface area (Å²) >= 11 is 0. The van der Waals surface area contributed by atoms with Crippen LogP contribution in [0.5, 0.6) is 0 Å². The van der Waals surface area contributed by atoms with E-state index in [1.54, 1.807) is 27.1 Å². The molecule has 5 nitrogen and oxygen atoms in total. The summed E-state index contributed by atoms with van der Waals surface area (Å²) in [7, 11) is 0.0232. The van der Waals surface area contributed by atoms with Gasteiger partial charge in [0.2, 0.25) is 10.0 Å². The van der Waals surface area contributed by atoms with Gasteiger partial charge in [-0.15, -0.1) is 0 Å². The Balaban J connectivity index is 2.22. The average Bonchev–Trinajstić information content (AvgIpc) is 3.02. The van der Waals surface area contributed by atoms with Crippen molar-refractivity contribution >= 4 is 10.0 Å². The average molecular weight is 272 g/mol. The predicted molar refractivity (Wildman–Crippen MR) is 68.7 cm³/mol. The molecule has 1 aromatic heterocycles. The number of sulfonamides is 1. The minimum absolute atomic E-state index is 0.288. The molecular formula is C12H20N2O3S. The van der Waals surface area contributed by atoms with E-state index in [9.17, 15) is 8.42 Å². The van der Waals surface area contributed by atoms with Crippen molar-refractivity contribution in [3.63, 3.8) is 0 Å². The maximum Gasteiger partial charge on any atom is 0.246 e. The summed E-state index contributed by atoms with van der Waals surface area (Å²) in [4.78, 5) is 0.288. The number of rotatable bonds is 6. The fourth-order valence-electron chi connectivity index (χ4n) is 1.97. The van der Waals surface area contributed by atoms with Gasteiger partial charge in [0, 0.05) is 19.7 Å². The third-order valence-electron chi connectivity index (χ3n) is 3.17. The van der Waals surface area contributed by atoms with Gasteiger partial charge in [-0.05, 0) is 32.7 Å². The lowest BCUT2D eigenvalue weighted by atomic mass is 10.4. The van der Waals surface area contributed by atoms with E-state index >= 15 is 0 Å². The number of hydrogen-bond acceptors (Lipinski definition) is 4. The van der Waals surface area contributed by atoms with Gasteiger partial charge in [0.25, 0.3) is 0 Å². The van der Waals surface area contributed by atoms with Gasteiger partial charge in [0.05, 0.1) is 6.54 Å². The summed E-state index contributed by atoms with van der Waals surface area (Å²) in [5.41, 5.74) is 0. The maximum absolute atomic E-state index is 12.4. The highest BCUT2D eigenvalue weighted by atomic mass is 32.2. The fraction of sp³-hybridized carbons (Fsp3) is 0.667. The van der Waals surface area contributed by atoms with Gasteiger partial charge in [-0.1, -0.05) is 0 Å². The highest BCUT2D eigenvalue weighted by Crippen LogP contribution is 2.31. The molecule has 2 rings (SSSR count). The van der Waals surface area contributed by atoms with Crippen LogP contribution in [0.3, 0.4) is 0 Å². The van der Waals surface area contributed by atoms with Crippen molar-refractivity contribution in [3.05, 3.63) is 17.6 Å². The van der Waals surface area contributed by atoms with Gasteiger partial charge in [-0.2, -0.15) is 0 Å². The summed E-state index contributed by atoms with van der Waals surface area (Å²) in [6, 6.07) is 1.62. The van der Waals surface area contributed by atoms with E-state index in [1.807, 2.05) is 0 Å². The van der Waals surface area contributed by atoms with Crippen molar-refractivity contribution in [2.75, 3.05) is 20.6 Å². The van der Waals surface area contributed by atoms with Crippen LogP contribution in [-0.2, 0) is 16.6 Å². The molecule has 0 atom stereocenters. The lowest BCUT2D eigenvalue weighted by Gasteiger charge is -2.15. The normalized spacial score (nSPS) is 16.4. The largest absolute Gasteiger partial charge is 0.464 e. The summed E-state index contributed by atoms with van der Waals surface area (Å²) in [5, 5.41) is 2.95. The van der Waals surface area contributed by atoms with E-state index < -0.39 is 10.0 Å². The predicted octanol–water partition coefficient (Wildman–Crippen LogP) is 1.34. The lowest BCUT2D eigenvalue weighted by molar-refractivity contribution is 0.444. The number of hydrogen-bond donors (Lipinski definition) is 1. The van der Waals surface area contributed by atoms with Gasteiger partial charge in [0.1, 0.15) is 16.4 Å². The van der Waals surface area contributed by atoms with Gasteiger partial charge in [0.15, 0.2) is 0 Å². The molecule has 1 aliphatic rings. The van der Waals surface area contributed by atoms with Crippen molar-refractivity contribution in [3.8, 4) is 0 Å². The van der Waals surface area contributed by atoms with E-state index in [4.69, 9.17) is 4.42 Å². The minimum Gasteiger partial charge on any atom is -0.464 e. The fourth-order valence-corrected chi connectivity index (χ4v) is 3.40. The number of aryl methyl sites for hydroxylation is 1. The van der Waals surface area contributed by atoms with Crippen LogP contribution >= 0.6 is 0 Å². The summed E-state index contributed by atoms with van der Waals surface area (Å²) < 4.78 is 31.6. The van der Waals surface area contributed by atoms with Crippen LogP contribution in [0.2, 0.25) is 0 Å². The molecule has 1 aliphatic carbocycles. The van der Waals surface area contributed by atoms with E-state index in [0.717, 1.165) is 12.8 Å². The molecule has 0 aromatic carbocycles.